The molecule has 0 bridgehead atoms. The number of pyridine rings is 1. The van der Waals surface area contributed by atoms with Crippen molar-refractivity contribution in [2.75, 3.05) is 18.9 Å². The van der Waals surface area contributed by atoms with E-state index in [0.29, 0.717) is 35.5 Å². The number of rotatable bonds is 9. The van der Waals surface area contributed by atoms with Crippen molar-refractivity contribution in [1.29, 1.82) is 0 Å². The molecule has 0 aliphatic rings. The molecule has 0 spiro atoms. The number of carbonyl (C=O) groups is 1. The molecule has 1 heterocycles. The molecule has 0 aliphatic carbocycles. The molecule has 1 aromatic carbocycles. The molecule has 0 saturated heterocycles. The molecule has 1 unspecified atom stereocenters. The molecule has 7 heteroatoms. The predicted octanol–water partition coefficient (Wildman–Crippen LogP) is 3.97. The summed E-state index contributed by atoms with van der Waals surface area (Å²) in [5, 5.41) is 2.92. The number of carbonyl (C=O) groups excluding carboxylic acids is 1. The topological polar surface area (TPSA) is 71.2 Å². The number of nitrogens with zero attached hydrogens (tertiary/aromatic N) is 2. The van der Waals surface area contributed by atoms with Crippen molar-refractivity contribution in [3.05, 3.63) is 64.9 Å². The van der Waals surface area contributed by atoms with Gasteiger partial charge in [-0.3, -0.25) is 9.69 Å². The monoisotopic (exact) mass is 388 g/mol. The van der Waals surface area contributed by atoms with Crippen LogP contribution in [-0.4, -0.2) is 35.9 Å². The lowest BCUT2D eigenvalue weighted by atomic mass is 10.0. The number of benzene rings is 1. The second-order valence-electron chi connectivity index (χ2n) is 6.74. The number of nitrogens with one attached hydrogen (secondary N) is 1. The van der Waals surface area contributed by atoms with Gasteiger partial charge in [-0.1, -0.05) is 19.1 Å². The minimum Gasteiger partial charge on any atom is -0.397 e. The fraction of sp³-hybridized carbons (Fsp3) is 0.333. The van der Waals surface area contributed by atoms with E-state index in [1.165, 1.54) is 6.20 Å². The van der Waals surface area contributed by atoms with E-state index < -0.39 is 12.1 Å². The van der Waals surface area contributed by atoms with Crippen LogP contribution in [0.2, 0.25) is 0 Å². The summed E-state index contributed by atoms with van der Waals surface area (Å²) in [7, 11) is 1.81. The molecule has 5 nitrogen and oxygen atoms in total. The molecule has 150 valence electrons. The van der Waals surface area contributed by atoms with Crippen LogP contribution in [0.25, 0.3) is 5.70 Å². The average molecular weight is 388 g/mol. The molecule has 0 fully saturated rings. The molecule has 1 aromatic heterocycles. The first-order chi connectivity index (χ1) is 13.3. The van der Waals surface area contributed by atoms with E-state index >= 15 is 0 Å². The average Bonchev–Trinajstić information content (AvgIpc) is 2.68. The number of aromatic nitrogens is 1. The molecular weight excluding hydrogens is 362 g/mol. The molecule has 0 radical (unpaired) electrons. The Labute approximate surface area is 164 Å². The molecule has 28 heavy (non-hydrogen) atoms. The smallest absolute Gasteiger partial charge is 0.236 e. The molecule has 2 aromatic rings. The first-order valence-corrected chi connectivity index (χ1v) is 9.10. The summed E-state index contributed by atoms with van der Waals surface area (Å²) >= 11 is 0. The highest BCUT2D eigenvalue weighted by Crippen LogP contribution is 2.21. The molecule has 1 atom stereocenters. The van der Waals surface area contributed by atoms with E-state index in [2.05, 4.69) is 10.3 Å². The van der Waals surface area contributed by atoms with Crippen LogP contribution in [0.4, 0.5) is 14.5 Å². The van der Waals surface area contributed by atoms with Crippen LogP contribution in [0.3, 0.4) is 0 Å². The molecular formula is C21H26F2N4O. The maximum Gasteiger partial charge on any atom is 0.236 e. The Morgan fingerprint density at radius 3 is 2.79 bits per heavy atom. The Morgan fingerprint density at radius 2 is 2.14 bits per heavy atom. The van der Waals surface area contributed by atoms with Crippen LogP contribution in [0.1, 0.15) is 41.8 Å². The fourth-order valence-corrected chi connectivity index (χ4v) is 2.81. The normalized spacial score (nSPS) is 13.2. The quantitative estimate of drug-likeness (QED) is 0.502. The minimum absolute atomic E-state index is 0.223. The molecule has 0 aliphatic heterocycles. The molecule has 2 rings (SSSR count). The van der Waals surface area contributed by atoms with Crippen LogP contribution in [0, 0.1) is 5.95 Å². The number of nitrogens with two attached hydrogens (primary N) is 1. The summed E-state index contributed by atoms with van der Waals surface area (Å²) in [4.78, 5) is 16.8. The van der Waals surface area contributed by atoms with Gasteiger partial charge in [0.15, 0.2) is 0 Å². The number of aldehydes is 1. The Morgan fingerprint density at radius 1 is 1.39 bits per heavy atom. The zero-order valence-corrected chi connectivity index (χ0v) is 16.4. The zero-order chi connectivity index (χ0) is 20.7. The predicted molar refractivity (Wildman–Crippen MR) is 108 cm³/mol. The lowest BCUT2D eigenvalue weighted by Crippen LogP contribution is -2.26. The Balaban J connectivity index is 2.27. The highest BCUT2D eigenvalue weighted by molar-refractivity contribution is 5.79. The summed E-state index contributed by atoms with van der Waals surface area (Å²) in [6, 6.07) is 8.41. The summed E-state index contributed by atoms with van der Waals surface area (Å²) in [5.74, 6) is -0.620. The van der Waals surface area contributed by atoms with Gasteiger partial charge in [-0.2, -0.15) is 4.39 Å². The lowest BCUT2D eigenvalue weighted by Gasteiger charge is -2.20. The summed E-state index contributed by atoms with van der Waals surface area (Å²) in [5.41, 5.74) is 9.41. The largest absolute Gasteiger partial charge is 0.397 e. The lowest BCUT2D eigenvalue weighted by molar-refractivity contribution is 0.112. The number of anilines is 1. The maximum atomic E-state index is 13.7. The van der Waals surface area contributed by atoms with Crippen molar-refractivity contribution < 1.29 is 13.6 Å². The van der Waals surface area contributed by atoms with E-state index in [9.17, 15) is 13.6 Å². The van der Waals surface area contributed by atoms with Crippen molar-refractivity contribution in [3.8, 4) is 0 Å². The second kappa shape index (κ2) is 9.94. The summed E-state index contributed by atoms with van der Waals surface area (Å²) in [6.07, 6.45) is 1.66. The molecule has 0 amide bonds. The van der Waals surface area contributed by atoms with Crippen molar-refractivity contribution in [1.82, 2.24) is 9.88 Å². The van der Waals surface area contributed by atoms with Gasteiger partial charge < -0.3 is 11.1 Å². The highest BCUT2D eigenvalue weighted by Gasteiger charge is 2.13. The SMILES string of the molecule is CCC(F)CN(C)Cc1cc(/C(N)=C(\C)Nc2cccnc2F)ccc1C=O. The van der Waals surface area contributed by atoms with Crippen LogP contribution in [0.5, 0.6) is 0 Å². The maximum absolute atomic E-state index is 13.7. The third kappa shape index (κ3) is 5.60. The van der Waals surface area contributed by atoms with E-state index in [4.69, 9.17) is 5.73 Å². The van der Waals surface area contributed by atoms with E-state index in [-0.39, 0.29) is 12.2 Å². The second-order valence-corrected chi connectivity index (χ2v) is 6.74. The van der Waals surface area contributed by atoms with Gasteiger partial charge in [0.1, 0.15) is 12.5 Å². The first-order valence-electron chi connectivity index (χ1n) is 9.10. The number of halogens is 2. The Bertz CT molecular complexity index is 854. The zero-order valence-electron chi connectivity index (χ0n) is 16.4. The van der Waals surface area contributed by atoms with E-state index in [1.807, 2.05) is 4.90 Å². The van der Waals surface area contributed by atoms with Crippen LogP contribution >= 0.6 is 0 Å². The third-order valence-corrected chi connectivity index (χ3v) is 4.46. The van der Waals surface area contributed by atoms with Gasteiger partial charge in [0, 0.05) is 30.5 Å². The van der Waals surface area contributed by atoms with E-state index in [0.717, 1.165) is 11.8 Å². The van der Waals surface area contributed by atoms with Gasteiger partial charge in [0.05, 0.1) is 11.4 Å². The van der Waals surface area contributed by atoms with Gasteiger partial charge in [0.25, 0.3) is 0 Å². The van der Waals surface area contributed by atoms with Crippen molar-refractivity contribution in [2.45, 2.75) is 33.0 Å². The number of alkyl halides is 1. The standard InChI is InChI=1S/C21H26F2N4O/c1-4-18(22)12-27(3)11-17-10-15(7-8-16(17)13-28)20(24)14(2)26-19-6-5-9-25-21(19)23/h5-10,13,18,26H,4,11-12,24H2,1-3H3/b20-14-. The number of hydrogen-bond donors (Lipinski definition) is 2. The van der Waals surface area contributed by atoms with Gasteiger partial charge in [0.2, 0.25) is 5.95 Å². The third-order valence-electron chi connectivity index (χ3n) is 4.46. The first kappa shape index (κ1) is 21.5. The van der Waals surface area contributed by atoms with Gasteiger partial charge in [-0.25, -0.2) is 9.37 Å². The van der Waals surface area contributed by atoms with Crippen LogP contribution < -0.4 is 11.1 Å². The van der Waals surface area contributed by atoms with Crippen molar-refractivity contribution >= 4 is 17.7 Å². The van der Waals surface area contributed by atoms with Crippen molar-refractivity contribution in [3.63, 3.8) is 0 Å². The molecule has 0 saturated carbocycles. The van der Waals surface area contributed by atoms with E-state index in [1.54, 1.807) is 51.2 Å². The summed E-state index contributed by atoms with van der Waals surface area (Å²) < 4.78 is 27.4. The van der Waals surface area contributed by atoms with Crippen LogP contribution in [0.15, 0.2) is 42.2 Å². The van der Waals surface area contributed by atoms with Crippen molar-refractivity contribution in [2.24, 2.45) is 5.73 Å². The number of allylic oxidation sites excluding steroid dienone is 1. The number of hydrogen-bond acceptors (Lipinski definition) is 5. The molecule has 3 N–H and O–H groups in total. The summed E-state index contributed by atoms with van der Waals surface area (Å²) in [6.45, 7) is 4.23. The Hall–Kier alpha value is -2.80. The van der Waals surface area contributed by atoms with Gasteiger partial charge in [-0.05, 0) is 49.7 Å². The fourth-order valence-electron chi connectivity index (χ4n) is 2.81. The minimum atomic E-state index is -0.918. The van der Waals surface area contributed by atoms with Gasteiger partial charge in [-0.15, -0.1) is 0 Å². The van der Waals surface area contributed by atoms with Crippen LogP contribution in [-0.2, 0) is 6.54 Å². The van der Waals surface area contributed by atoms with Gasteiger partial charge >= 0.3 is 0 Å². The highest BCUT2D eigenvalue weighted by atomic mass is 19.1. The Kier molecular flexibility index (Phi) is 7.63.